The second kappa shape index (κ2) is 5.81. The fourth-order valence-electron chi connectivity index (χ4n) is 1.50. The molecule has 0 spiro atoms. The lowest BCUT2D eigenvalue weighted by atomic mass is 10.2. The third-order valence-corrected chi connectivity index (χ3v) is 2.56. The highest BCUT2D eigenvalue weighted by molar-refractivity contribution is 4.93. The molecule has 0 aliphatic carbocycles. The van der Waals surface area contributed by atoms with Crippen LogP contribution in [0.1, 0.15) is 32.5 Å². The lowest BCUT2D eigenvalue weighted by Crippen LogP contribution is -2.22. The van der Waals surface area contributed by atoms with Crippen LogP contribution < -0.4 is 5.32 Å². The molecule has 3 nitrogen and oxygen atoms in total. The molecule has 0 amide bonds. The van der Waals surface area contributed by atoms with Crippen LogP contribution in [0.15, 0.2) is 12.4 Å². The fourth-order valence-corrected chi connectivity index (χ4v) is 1.50. The Morgan fingerprint density at radius 3 is 3.00 bits per heavy atom. The van der Waals surface area contributed by atoms with E-state index in [2.05, 4.69) is 34.9 Å². The summed E-state index contributed by atoms with van der Waals surface area (Å²) in [6.45, 7) is 5.48. The number of hydrogen-bond acceptors (Lipinski definition) is 2. The van der Waals surface area contributed by atoms with Gasteiger partial charge in [0.05, 0.1) is 0 Å². The van der Waals surface area contributed by atoms with E-state index < -0.39 is 0 Å². The summed E-state index contributed by atoms with van der Waals surface area (Å²) in [6.07, 6.45) is 7.36. The van der Waals surface area contributed by atoms with E-state index in [9.17, 15) is 0 Å². The first kappa shape index (κ1) is 11.2. The molecule has 0 bridgehead atoms. The maximum atomic E-state index is 4.38. The van der Waals surface area contributed by atoms with Gasteiger partial charge in [0.2, 0.25) is 0 Å². The van der Waals surface area contributed by atoms with E-state index in [1.807, 2.05) is 13.2 Å². The van der Waals surface area contributed by atoms with Crippen molar-refractivity contribution in [3.8, 4) is 0 Å². The van der Waals surface area contributed by atoms with Crippen LogP contribution in [0.2, 0.25) is 0 Å². The lowest BCUT2D eigenvalue weighted by molar-refractivity contribution is 0.539. The Morgan fingerprint density at radius 2 is 2.36 bits per heavy atom. The van der Waals surface area contributed by atoms with Gasteiger partial charge in [-0.3, -0.25) is 0 Å². The first-order chi connectivity index (χ1) is 6.77. The number of aromatic nitrogens is 2. The van der Waals surface area contributed by atoms with E-state index in [0.29, 0.717) is 6.04 Å². The summed E-state index contributed by atoms with van der Waals surface area (Å²) >= 11 is 0. The van der Waals surface area contributed by atoms with Gasteiger partial charge in [0.25, 0.3) is 0 Å². The van der Waals surface area contributed by atoms with Gasteiger partial charge >= 0.3 is 0 Å². The Labute approximate surface area is 86.5 Å². The largest absolute Gasteiger partial charge is 0.335 e. The molecule has 80 valence electrons. The molecule has 0 saturated carbocycles. The average molecular weight is 195 g/mol. The van der Waals surface area contributed by atoms with Gasteiger partial charge in [-0.25, -0.2) is 4.98 Å². The molecule has 14 heavy (non-hydrogen) atoms. The Bertz CT molecular complexity index is 255. The van der Waals surface area contributed by atoms with Crippen molar-refractivity contribution in [3.05, 3.63) is 18.2 Å². The zero-order chi connectivity index (χ0) is 10.4. The monoisotopic (exact) mass is 195 g/mol. The molecular weight excluding hydrogens is 174 g/mol. The molecule has 1 aromatic heterocycles. The first-order valence-corrected chi connectivity index (χ1v) is 5.45. The van der Waals surface area contributed by atoms with Crippen LogP contribution in [0, 0.1) is 0 Å². The summed E-state index contributed by atoms with van der Waals surface area (Å²) in [5.74, 6) is 1.22. The molecule has 1 rings (SSSR count). The molecule has 3 heteroatoms. The molecular formula is C11H21N3. The Kier molecular flexibility index (Phi) is 4.66. The van der Waals surface area contributed by atoms with Crippen LogP contribution in [0.3, 0.4) is 0 Å². The third kappa shape index (κ3) is 3.14. The van der Waals surface area contributed by atoms with Crippen LogP contribution in [0.5, 0.6) is 0 Å². The first-order valence-electron chi connectivity index (χ1n) is 5.45. The van der Waals surface area contributed by atoms with Crippen LogP contribution in [0.25, 0.3) is 0 Å². The predicted molar refractivity (Wildman–Crippen MR) is 59.4 cm³/mol. The smallest absolute Gasteiger partial charge is 0.108 e. The van der Waals surface area contributed by atoms with Crippen LogP contribution in [-0.4, -0.2) is 22.6 Å². The Balaban J connectivity index is 2.45. The molecule has 1 heterocycles. The van der Waals surface area contributed by atoms with Crippen molar-refractivity contribution < 1.29 is 0 Å². The highest BCUT2D eigenvalue weighted by atomic mass is 15.1. The molecule has 0 aliphatic heterocycles. The second-order valence-corrected chi connectivity index (χ2v) is 3.77. The standard InChI is InChI=1S/C11H21N3/c1-4-8-14-9-7-13-11(14)6-5-10(2)12-3/h7,9-10,12H,4-6,8H2,1-3H3. The highest BCUT2D eigenvalue weighted by Gasteiger charge is 2.04. The molecule has 0 radical (unpaired) electrons. The molecule has 1 aromatic rings. The summed E-state index contributed by atoms with van der Waals surface area (Å²) < 4.78 is 2.25. The van der Waals surface area contributed by atoms with Gasteiger partial charge in [-0.1, -0.05) is 6.92 Å². The van der Waals surface area contributed by atoms with Crippen molar-refractivity contribution in [2.75, 3.05) is 7.05 Å². The fraction of sp³-hybridized carbons (Fsp3) is 0.727. The van der Waals surface area contributed by atoms with Crippen molar-refractivity contribution in [3.63, 3.8) is 0 Å². The van der Waals surface area contributed by atoms with E-state index in [4.69, 9.17) is 0 Å². The summed E-state index contributed by atoms with van der Waals surface area (Å²) in [7, 11) is 2.00. The minimum absolute atomic E-state index is 0.571. The van der Waals surface area contributed by atoms with Crippen LogP contribution in [-0.2, 0) is 13.0 Å². The van der Waals surface area contributed by atoms with Gasteiger partial charge in [-0.15, -0.1) is 0 Å². The highest BCUT2D eigenvalue weighted by Crippen LogP contribution is 2.04. The van der Waals surface area contributed by atoms with Gasteiger partial charge in [0.15, 0.2) is 0 Å². The number of rotatable bonds is 6. The third-order valence-electron chi connectivity index (χ3n) is 2.56. The minimum Gasteiger partial charge on any atom is -0.335 e. The maximum Gasteiger partial charge on any atom is 0.108 e. The number of aryl methyl sites for hydroxylation is 2. The average Bonchev–Trinajstić information content (AvgIpc) is 2.62. The number of nitrogens with zero attached hydrogens (tertiary/aromatic N) is 2. The van der Waals surface area contributed by atoms with Crippen molar-refractivity contribution >= 4 is 0 Å². The van der Waals surface area contributed by atoms with E-state index >= 15 is 0 Å². The number of nitrogens with one attached hydrogen (secondary N) is 1. The SMILES string of the molecule is CCCn1ccnc1CCC(C)NC. The topological polar surface area (TPSA) is 29.9 Å². The van der Waals surface area contributed by atoms with Gasteiger partial charge in [0, 0.05) is 31.4 Å². The van der Waals surface area contributed by atoms with Crippen LogP contribution in [0.4, 0.5) is 0 Å². The molecule has 0 aliphatic rings. The molecule has 0 aromatic carbocycles. The van der Waals surface area contributed by atoms with Crippen molar-refractivity contribution in [2.45, 2.75) is 45.7 Å². The Hall–Kier alpha value is -0.830. The van der Waals surface area contributed by atoms with E-state index in [1.54, 1.807) is 0 Å². The minimum atomic E-state index is 0.571. The van der Waals surface area contributed by atoms with Gasteiger partial charge in [0.1, 0.15) is 5.82 Å². The zero-order valence-electron chi connectivity index (χ0n) is 9.45. The lowest BCUT2D eigenvalue weighted by Gasteiger charge is -2.10. The number of imidazole rings is 1. The normalized spacial score (nSPS) is 13.1. The van der Waals surface area contributed by atoms with Crippen molar-refractivity contribution in [1.29, 1.82) is 0 Å². The number of hydrogen-bond donors (Lipinski definition) is 1. The molecule has 0 fully saturated rings. The molecule has 1 unspecified atom stereocenters. The molecule has 0 saturated heterocycles. The second-order valence-electron chi connectivity index (χ2n) is 3.77. The quantitative estimate of drug-likeness (QED) is 0.750. The zero-order valence-corrected chi connectivity index (χ0v) is 9.45. The Morgan fingerprint density at radius 1 is 1.57 bits per heavy atom. The summed E-state index contributed by atoms with van der Waals surface area (Å²) in [5.41, 5.74) is 0. The summed E-state index contributed by atoms with van der Waals surface area (Å²) in [4.78, 5) is 4.38. The molecule has 1 atom stereocenters. The van der Waals surface area contributed by atoms with Crippen LogP contribution >= 0.6 is 0 Å². The summed E-state index contributed by atoms with van der Waals surface area (Å²) in [5, 5.41) is 3.24. The van der Waals surface area contributed by atoms with E-state index in [0.717, 1.165) is 19.4 Å². The summed E-state index contributed by atoms with van der Waals surface area (Å²) in [6, 6.07) is 0.571. The van der Waals surface area contributed by atoms with E-state index in [1.165, 1.54) is 12.2 Å². The maximum absolute atomic E-state index is 4.38. The van der Waals surface area contributed by atoms with Gasteiger partial charge in [-0.05, 0) is 26.8 Å². The van der Waals surface area contributed by atoms with Gasteiger partial charge in [-0.2, -0.15) is 0 Å². The van der Waals surface area contributed by atoms with E-state index in [-0.39, 0.29) is 0 Å². The predicted octanol–water partition coefficient (Wildman–Crippen LogP) is 1.83. The van der Waals surface area contributed by atoms with Crippen molar-refractivity contribution in [2.24, 2.45) is 0 Å². The van der Waals surface area contributed by atoms with Crippen molar-refractivity contribution in [1.82, 2.24) is 14.9 Å². The molecule has 1 N–H and O–H groups in total. The van der Waals surface area contributed by atoms with Gasteiger partial charge < -0.3 is 9.88 Å².